The molecule has 2 N–H and O–H groups in total. The molecule has 2 unspecified atom stereocenters. The number of carbonyl (C=O) groups excluding carboxylic acids is 3. The maximum absolute atomic E-state index is 12.0. The second-order valence-corrected chi connectivity index (χ2v) is 8.62. The van der Waals surface area contributed by atoms with E-state index < -0.39 is 5.97 Å². The normalized spacial score (nSPS) is 23.8. The van der Waals surface area contributed by atoms with Gasteiger partial charge in [0.1, 0.15) is 13.2 Å². The first kappa shape index (κ1) is 23.0. The highest BCUT2D eigenvalue weighted by atomic mass is 16.6. The summed E-state index contributed by atoms with van der Waals surface area (Å²) in [6, 6.07) is -0.0972. The van der Waals surface area contributed by atoms with Crippen LogP contribution in [0.2, 0.25) is 0 Å². The summed E-state index contributed by atoms with van der Waals surface area (Å²) < 4.78 is 10.0. The first-order chi connectivity index (χ1) is 12.5. The summed E-state index contributed by atoms with van der Waals surface area (Å²) in [4.78, 5) is 34.9. The predicted octanol–water partition coefficient (Wildman–Crippen LogP) is 2.94. The molecule has 0 spiro atoms. The molecule has 0 saturated heterocycles. The molecule has 0 aliphatic heterocycles. The first-order valence-corrected chi connectivity index (χ1v) is 9.43. The topological polar surface area (TPSA) is 93.7 Å². The fraction of sp³-hybridized carbons (Fsp3) is 0.750. The molecule has 0 aromatic carbocycles. The van der Waals surface area contributed by atoms with Gasteiger partial charge in [-0.25, -0.2) is 9.59 Å². The molecule has 1 fully saturated rings. The highest BCUT2D eigenvalue weighted by Gasteiger charge is 2.41. The summed E-state index contributed by atoms with van der Waals surface area (Å²) in [7, 11) is 1.60. The number of urea groups is 1. The quantitative estimate of drug-likeness (QED) is 0.382. The van der Waals surface area contributed by atoms with Gasteiger partial charge in [-0.2, -0.15) is 0 Å². The lowest BCUT2D eigenvalue weighted by atomic mass is 9.61. The lowest BCUT2D eigenvalue weighted by molar-refractivity contribution is -0.150. The first-order valence-electron chi connectivity index (χ1n) is 9.43. The molecule has 0 aromatic rings. The number of amides is 2. The van der Waals surface area contributed by atoms with E-state index in [1.165, 1.54) is 0 Å². The molecule has 0 bridgehead atoms. The number of rotatable bonds is 8. The van der Waals surface area contributed by atoms with Crippen LogP contribution >= 0.6 is 0 Å². The van der Waals surface area contributed by atoms with E-state index in [2.05, 4.69) is 38.0 Å². The van der Waals surface area contributed by atoms with Crippen molar-refractivity contribution in [1.29, 1.82) is 0 Å². The third-order valence-corrected chi connectivity index (χ3v) is 4.87. The lowest BCUT2D eigenvalue weighted by Gasteiger charge is -2.47. The molecule has 7 nitrogen and oxygen atoms in total. The number of ether oxygens (including phenoxy) is 2. The van der Waals surface area contributed by atoms with Crippen LogP contribution in [-0.2, 0) is 19.1 Å². The minimum absolute atomic E-state index is 0.0276. The summed E-state index contributed by atoms with van der Waals surface area (Å²) in [5.41, 5.74) is 0.340. The zero-order valence-corrected chi connectivity index (χ0v) is 17.3. The van der Waals surface area contributed by atoms with Gasteiger partial charge in [-0.3, -0.25) is 4.79 Å². The Morgan fingerprint density at radius 2 is 1.74 bits per heavy atom. The molecule has 1 aliphatic rings. The van der Waals surface area contributed by atoms with Gasteiger partial charge in [-0.1, -0.05) is 27.4 Å². The molecule has 0 aromatic heterocycles. The van der Waals surface area contributed by atoms with E-state index >= 15 is 0 Å². The van der Waals surface area contributed by atoms with Crippen LogP contribution in [0.1, 0.15) is 59.8 Å². The van der Waals surface area contributed by atoms with Crippen molar-refractivity contribution < 1.29 is 23.9 Å². The van der Waals surface area contributed by atoms with Crippen LogP contribution in [-0.4, -0.2) is 44.3 Å². The lowest BCUT2D eigenvalue weighted by Crippen LogP contribution is -2.49. The van der Waals surface area contributed by atoms with Crippen LogP contribution < -0.4 is 10.6 Å². The van der Waals surface area contributed by atoms with Crippen molar-refractivity contribution in [3.05, 3.63) is 12.2 Å². The van der Waals surface area contributed by atoms with E-state index in [4.69, 9.17) is 9.47 Å². The molecule has 154 valence electrons. The Bertz CT molecular complexity index is 573. The van der Waals surface area contributed by atoms with Crippen LogP contribution in [0.3, 0.4) is 0 Å². The summed E-state index contributed by atoms with van der Waals surface area (Å²) in [6.45, 7) is 11.7. The Balaban J connectivity index is 2.45. The van der Waals surface area contributed by atoms with Crippen molar-refractivity contribution in [2.24, 2.45) is 10.8 Å². The van der Waals surface area contributed by atoms with E-state index in [1.807, 2.05) is 0 Å². The smallest absolute Gasteiger partial charge is 0.333 e. The Kier molecular flexibility index (Phi) is 8.31. The van der Waals surface area contributed by atoms with E-state index in [9.17, 15) is 14.4 Å². The minimum Gasteiger partial charge on any atom is -0.462 e. The van der Waals surface area contributed by atoms with Crippen LogP contribution in [0.4, 0.5) is 4.79 Å². The zero-order chi connectivity index (χ0) is 20.7. The van der Waals surface area contributed by atoms with Gasteiger partial charge in [0.15, 0.2) is 0 Å². The van der Waals surface area contributed by atoms with Gasteiger partial charge < -0.3 is 20.1 Å². The van der Waals surface area contributed by atoms with Gasteiger partial charge in [0.25, 0.3) is 0 Å². The highest BCUT2D eigenvalue weighted by molar-refractivity contribution is 5.86. The van der Waals surface area contributed by atoms with Crippen molar-refractivity contribution in [2.75, 3.05) is 20.3 Å². The van der Waals surface area contributed by atoms with Crippen molar-refractivity contribution in [3.63, 3.8) is 0 Å². The summed E-state index contributed by atoms with van der Waals surface area (Å²) in [5.74, 6) is -0.792. The monoisotopic (exact) mass is 382 g/mol. The van der Waals surface area contributed by atoms with Crippen LogP contribution in [0.5, 0.6) is 0 Å². The second kappa shape index (κ2) is 9.76. The SMILES string of the molecule is C=C(C)C(=O)OCCOC(=O)CCC1(C)CC(NC(=O)NC)CC(C)(C)C1. The molecule has 1 rings (SSSR count). The van der Waals surface area contributed by atoms with Gasteiger partial charge in [-0.05, 0) is 43.4 Å². The summed E-state index contributed by atoms with van der Waals surface area (Å²) >= 11 is 0. The van der Waals surface area contributed by atoms with E-state index in [0.29, 0.717) is 18.4 Å². The molecule has 2 atom stereocenters. The molecule has 27 heavy (non-hydrogen) atoms. The predicted molar refractivity (Wildman–Crippen MR) is 103 cm³/mol. The molecular weight excluding hydrogens is 348 g/mol. The number of carbonyl (C=O) groups is 3. The van der Waals surface area contributed by atoms with E-state index in [1.54, 1.807) is 14.0 Å². The Morgan fingerprint density at radius 3 is 2.33 bits per heavy atom. The fourth-order valence-electron chi connectivity index (χ4n) is 4.07. The highest BCUT2D eigenvalue weighted by Crippen LogP contribution is 2.48. The molecule has 7 heteroatoms. The van der Waals surface area contributed by atoms with E-state index in [0.717, 1.165) is 19.3 Å². The van der Waals surface area contributed by atoms with E-state index in [-0.39, 0.29) is 42.1 Å². The van der Waals surface area contributed by atoms with Gasteiger partial charge in [0, 0.05) is 25.1 Å². The number of nitrogens with one attached hydrogen (secondary N) is 2. The average molecular weight is 383 g/mol. The van der Waals surface area contributed by atoms with Crippen molar-refractivity contribution in [2.45, 2.75) is 65.8 Å². The van der Waals surface area contributed by atoms with Gasteiger partial charge in [0.05, 0.1) is 0 Å². The molecule has 1 aliphatic carbocycles. The van der Waals surface area contributed by atoms with Gasteiger partial charge >= 0.3 is 18.0 Å². The maximum atomic E-state index is 12.0. The Morgan fingerprint density at radius 1 is 1.11 bits per heavy atom. The van der Waals surface area contributed by atoms with Gasteiger partial charge in [-0.15, -0.1) is 0 Å². The molecular formula is C20H34N2O5. The van der Waals surface area contributed by atoms with Crippen molar-refractivity contribution in [1.82, 2.24) is 10.6 Å². The fourth-order valence-corrected chi connectivity index (χ4v) is 4.07. The van der Waals surface area contributed by atoms with Crippen LogP contribution in [0.25, 0.3) is 0 Å². The molecule has 2 amide bonds. The number of esters is 2. The maximum Gasteiger partial charge on any atom is 0.333 e. The molecule has 0 heterocycles. The Labute approximate surface area is 162 Å². The summed E-state index contributed by atoms with van der Waals surface area (Å²) in [5, 5.41) is 5.60. The standard InChI is InChI=1S/C20H34N2O5/c1-14(2)17(24)27-10-9-26-16(23)7-8-20(5)12-15(22-18(25)21-6)11-19(3,4)13-20/h15H,1,7-13H2,2-6H3,(H2,21,22,25). The average Bonchev–Trinajstić information content (AvgIpc) is 2.54. The zero-order valence-electron chi connectivity index (χ0n) is 17.3. The molecule has 0 radical (unpaired) electrons. The number of hydrogen-bond donors (Lipinski definition) is 2. The van der Waals surface area contributed by atoms with Crippen molar-refractivity contribution >= 4 is 18.0 Å². The third kappa shape index (κ3) is 8.45. The minimum atomic E-state index is -0.488. The summed E-state index contributed by atoms with van der Waals surface area (Å²) in [6.07, 6.45) is 3.71. The van der Waals surface area contributed by atoms with Crippen LogP contribution in [0, 0.1) is 10.8 Å². The third-order valence-electron chi connectivity index (χ3n) is 4.87. The Hall–Kier alpha value is -2.05. The van der Waals surface area contributed by atoms with Crippen molar-refractivity contribution in [3.8, 4) is 0 Å². The van der Waals surface area contributed by atoms with Crippen LogP contribution in [0.15, 0.2) is 12.2 Å². The van der Waals surface area contributed by atoms with Gasteiger partial charge in [0.2, 0.25) is 0 Å². The molecule has 1 saturated carbocycles. The largest absolute Gasteiger partial charge is 0.462 e. The second-order valence-electron chi connectivity index (χ2n) is 8.62. The number of hydrogen-bond acceptors (Lipinski definition) is 5.